The van der Waals surface area contributed by atoms with Crippen molar-refractivity contribution in [1.29, 1.82) is 0 Å². The number of alkyl halides is 3. The standard InChI is InChI=1S/C21H22F3N7O2/c1-15(19(32)25-16-7-9-18(10-8-16)33-21(22,23)24)29-11-13-30(14-12-29)20-26-27-28-31(20)17-5-3-2-4-6-17/h2-10,15H,11-14H2,1H3,(H,25,32). The molecule has 1 atom stereocenters. The Morgan fingerprint density at radius 2 is 1.70 bits per heavy atom. The maximum Gasteiger partial charge on any atom is 0.573 e. The number of carbonyl (C=O) groups excluding carboxylic acids is 1. The summed E-state index contributed by atoms with van der Waals surface area (Å²) in [6.45, 7) is 4.30. The molecule has 0 aliphatic carbocycles. The van der Waals surface area contributed by atoms with Gasteiger partial charge in [-0.15, -0.1) is 13.2 Å². The highest BCUT2D eigenvalue weighted by Crippen LogP contribution is 2.24. The first-order valence-electron chi connectivity index (χ1n) is 10.3. The number of carbonyl (C=O) groups is 1. The van der Waals surface area contributed by atoms with Crippen molar-refractivity contribution in [2.24, 2.45) is 0 Å². The monoisotopic (exact) mass is 461 g/mol. The van der Waals surface area contributed by atoms with Gasteiger partial charge in [0.25, 0.3) is 0 Å². The fourth-order valence-electron chi connectivity index (χ4n) is 3.58. The second-order valence-corrected chi connectivity index (χ2v) is 7.49. The van der Waals surface area contributed by atoms with Gasteiger partial charge < -0.3 is 15.0 Å². The maximum atomic E-state index is 12.7. The Balaban J connectivity index is 1.32. The van der Waals surface area contributed by atoms with E-state index in [1.165, 1.54) is 12.1 Å². The van der Waals surface area contributed by atoms with Crippen LogP contribution in [-0.4, -0.2) is 69.6 Å². The molecule has 3 aromatic rings. The summed E-state index contributed by atoms with van der Waals surface area (Å²) in [6.07, 6.45) is -4.76. The van der Waals surface area contributed by atoms with Gasteiger partial charge in [-0.3, -0.25) is 9.69 Å². The number of tetrazole rings is 1. The number of piperazine rings is 1. The van der Waals surface area contributed by atoms with Gasteiger partial charge in [-0.1, -0.05) is 23.3 Å². The van der Waals surface area contributed by atoms with Crippen molar-refractivity contribution in [2.45, 2.75) is 19.3 Å². The fourth-order valence-corrected chi connectivity index (χ4v) is 3.58. The Morgan fingerprint density at radius 3 is 2.33 bits per heavy atom. The summed E-state index contributed by atoms with van der Waals surface area (Å²) in [7, 11) is 0. The van der Waals surface area contributed by atoms with E-state index in [1.54, 1.807) is 11.6 Å². The predicted molar refractivity (Wildman–Crippen MR) is 114 cm³/mol. The van der Waals surface area contributed by atoms with Gasteiger partial charge in [-0.05, 0) is 53.7 Å². The predicted octanol–water partition coefficient (Wildman–Crippen LogP) is 2.71. The van der Waals surface area contributed by atoms with Gasteiger partial charge in [0, 0.05) is 31.9 Å². The largest absolute Gasteiger partial charge is 0.573 e. The Hall–Kier alpha value is -3.67. The summed E-state index contributed by atoms with van der Waals surface area (Å²) in [5.41, 5.74) is 1.25. The molecule has 174 valence electrons. The summed E-state index contributed by atoms with van der Waals surface area (Å²) in [5.74, 6) is 0.0451. The Morgan fingerprint density at radius 1 is 1.03 bits per heavy atom. The molecule has 1 fully saturated rings. The van der Waals surface area contributed by atoms with Gasteiger partial charge in [-0.25, -0.2) is 0 Å². The molecular weight excluding hydrogens is 439 g/mol. The van der Waals surface area contributed by atoms with Crippen molar-refractivity contribution >= 4 is 17.5 Å². The van der Waals surface area contributed by atoms with Gasteiger partial charge in [0.05, 0.1) is 11.7 Å². The Kier molecular flexibility index (Phi) is 6.45. The molecule has 4 rings (SSSR count). The lowest BCUT2D eigenvalue weighted by Gasteiger charge is -2.37. The summed E-state index contributed by atoms with van der Waals surface area (Å²) in [5, 5.41) is 14.8. The molecule has 0 spiro atoms. The molecule has 33 heavy (non-hydrogen) atoms. The van der Waals surface area contributed by atoms with Gasteiger partial charge in [0.2, 0.25) is 11.9 Å². The second-order valence-electron chi connectivity index (χ2n) is 7.49. The lowest BCUT2D eigenvalue weighted by atomic mass is 10.2. The second kappa shape index (κ2) is 9.45. The van der Waals surface area contributed by atoms with Crippen molar-refractivity contribution in [3.63, 3.8) is 0 Å². The van der Waals surface area contributed by atoms with Crippen molar-refractivity contribution in [3.05, 3.63) is 54.6 Å². The third kappa shape index (κ3) is 5.58. The van der Waals surface area contributed by atoms with E-state index in [1.807, 2.05) is 35.2 Å². The van der Waals surface area contributed by atoms with Crippen molar-refractivity contribution < 1.29 is 22.7 Å². The topological polar surface area (TPSA) is 88.4 Å². The Bertz CT molecular complexity index is 1070. The quantitative estimate of drug-likeness (QED) is 0.604. The first-order valence-corrected chi connectivity index (χ1v) is 10.3. The van der Waals surface area contributed by atoms with E-state index in [9.17, 15) is 18.0 Å². The van der Waals surface area contributed by atoms with E-state index in [2.05, 4.69) is 30.5 Å². The number of anilines is 2. The highest BCUT2D eigenvalue weighted by atomic mass is 19.4. The number of aromatic nitrogens is 4. The minimum Gasteiger partial charge on any atom is -0.406 e. The first-order chi connectivity index (χ1) is 15.8. The van der Waals surface area contributed by atoms with Crippen LogP contribution >= 0.6 is 0 Å². The van der Waals surface area contributed by atoms with Crippen LogP contribution in [0.25, 0.3) is 5.69 Å². The van der Waals surface area contributed by atoms with E-state index in [4.69, 9.17) is 0 Å². The minimum absolute atomic E-state index is 0.248. The van der Waals surface area contributed by atoms with Gasteiger partial charge in [-0.2, -0.15) is 4.68 Å². The SMILES string of the molecule is CC(C(=O)Nc1ccc(OC(F)(F)F)cc1)N1CCN(c2nnnn2-c2ccccc2)CC1. The number of nitrogens with zero attached hydrogens (tertiary/aromatic N) is 6. The Labute approximate surface area is 187 Å². The van der Waals surface area contributed by atoms with E-state index < -0.39 is 12.4 Å². The third-order valence-electron chi connectivity index (χ3n) is 5.33. The summed E-state index contributed by atoms with van der Waals surface area (Å²) in [4.78, 5) is 16.8. The maximum absolute atomic E-state index is 12.7. The number of amides is 1. The lowest BCUT2D eigenvalue weighted by Crippen LogP contribution is -2.53. The number of hydrogen-bond donors (Lipinski definition) is 1. The number of rotatable bonds is 6. The molecule has 0 bridgehead atoms. The number of ether oxygens (including phenoxy) is 1. The molecule has 1 aliphatic rings. The number of benzene rings is 2. The third-order valence-corrected chi connectivity index (χ3v) is 5.33. The smallest absolute Gasteiger partial charge is 0.406 e. The number of halogens is 3. The van der Waals surface area contributed by atoms with Crippen LogP contribution < -0.4 is 15.0 Å². The number of hydrogen-bond acceptors (Lipinski definition) is 7. The van der Waals surface area contributed by atoms with Gasteiger partial charge in [0.1, 0.15) is 5.75 Å². The van der Waals surface area contributed by atoms with Crippen LogP contribution in [0, 0.1) is 0 Å². The van der Waals surface area contributed by atoms with E-state index in [-0.39, 0.29) is 11.7 Å². The number of para-hydroxylation sites is 1. The van der Waals surface area contributed by atoms with Crippen molar-refractivity contribution in [1.82, 2.24) is 25.1 Å². The molecule has 1 aromatic heterocycles. The highest BCUT2D eigenvalue weighted by Gasteiger charge is 2.31. The molecule has 2 heterocycles. The van der Waals surface area contributed by atoms with Crippen LogP contribution in [0.1, 0.15) is 6.92 Å². The minimum atomic E-state index is -4.76. The van der Waals surface area contributed by atoms with E-state index in [0.29, 0.717) is 37.8 Å². The zero-order chi connectivity index (χ0) is 23.4. The molecule has 0 radical (unpaired) electrons. The molecule has 12 heteroatoms. The average molecular weight is 461 g/mol. The zero-order valence-electron chi connectivity index (χ0n) is 17.7. The first kappa shape index (κ1) is 22.5. The van der Waals surface area contributed by atoms with Crippen LogP contribution in [0.3, 0.4) is 0 Å². The molecule has 9 nitrogen and oxygen atoms in total. The molecule has 1 aliphatic heterocycles. The highest BCUT2D eigenvalue weighted by molar-refractivity contribution is 5.94. The fraction of sp³-hybridized carbons (Fsp3) is 0.333. The van der Waals surface area contributed by atoms with E-state index in [0.717, 1.165) is 17.8 Å². The molecule has 2 aromatic carbocycles. The number of nitrogens with one attached hydrogen (secondary N) is 1. The normalized spacial score (nSPS) is 15.8. The zero-order valence-corrected chi connectivity index (χ0v) is 17.7. The summed E-state index contributed by atoms with van der Waals surface area (Å²) in [6, 6.07) is 14.2. The average Bonchev–Trinajstić information content (AvgIpc) is 3.29. The molecule has 0 saturated carbocycles. The molecule has 1 N–H and O–H groups in total. The van der Waals surface area contributed by atoms with Crippen molar-refractivity contribution in [2.75, 3.05) is 36.4 Å². The van der Waals surface area contributed by atoms with E-state index >= 15 is 0 Å². The van der Waals surface area contributed by atoms with Crippen LogP contribution in [0.4, 0.5) is 24.8 Å². The van der Waals surface area contributed by atoms with Gasteiger partial charge >= 0.3 is 6.36 Å². The van der Waals surface area contributed by atoms with Gasteiger partial charge in [0.15, 0.2) is 0 Å². The van der Waals surface area contributed by atoms with Crippen LogP contribution in [0.5, 0.6) is 5.75 Å². The summed E-state index contributed by atoms with van der Waals surface area (Å²) >= 11 is 0. The summed E-state index contributed by atoms with van der Waals surface area (Å²) < 4.78 is 42.3. The molecule has 1 unspecified atom stereocenters. The molecule has 1 saturated heterocycles. The van der Waals surface area contributed by atoms with Crippen LogP contribution in [0.15, 0.2) is 54.6 Å². The molecule has 1 amide bonds. The van der Waals surface area contributed by atoms with Crippen molar-refractivity contribution in [3.8, 4) is 11.4 Å². The molecular formula is C21H22F3N7O2. The lowest BCUT2D eigenvalue weighted by molar-refractivity contribution is -0.274. The van der Waals surface area contributed by atoms with Crippen LogP contribution in [-0.2, 0) is 4.79 Å². The van der Waals surface area contributed by atoms with Crippen LogP contribution in [0.2, 0.25) is 0 Å².